The monoisotopic (exact) mass is 553 g/mol. The standard InChI is InChI=1S/C29H35N3O6S/c1-5-27(29(34)30-3)31(20-22-11-10-12-25(19-22)37-4)28(33)21-32(23-15-17-24(18-16-23)38-6-2)39(35,36)26-13-8-7-9-14-26/h7-19,27H,5-6,20-21H2,1-4H3,(H,30,34). The van der Waals surface area contributed by atoms with Gasteiger partial charge in [0.2, 0.25) is 11.8 Å². The molecular weight excluding hydrogens is 518 g/mol. The Bertz CT molecular complexity index is 1350. The number of methoxy groups -OCH3 is 1. The normalized spacial score (nSPS) is 11.8. The summed E-state index contributed by atoms with van der Waals surface area (Å²) in [5.74, 6) is 0.319. The summed E-state index contributed by atoms with van der Waals surface area (Å²) in [4.78, 5) is 28.2. The lowest BCUT2D eigenvalue weighted by Gasteiger charge is -2.33. The van der Waals surface area contributed by atoms with Crippen LogP contribution < -0.4 is 19.1 Å². The molecule has 0 aliphatic heterocycles. The third-order valence-electron chi connectivity index (χ3n) is 6.17. The summed E-state index contributed by atoms with van der Waals surface area (Å²) in [6.07, 6.45) is 0.337. The van der Waals surface area contributed by atoms with Gasteiger partial charge in [-0.3, -0.25) is 13.9 Å². The van der Waals surface area contributed by atoms with Crippen LogP contribution in [-0.4, -0.2) is 58.5 Å². The van der Waals surface area contributed by atoms with E-state index in [2.05, 4.69) is 5.32 Å². The quantitative estimate of drug-likeness (QED) is 0.345. The van der Waals surface area contributed by atoms with Gasteiger partial charge in [-0.1, -0.05) is 37.3 Å². The lowest BCUT2D eigenvalue weighted by molar-refractivity contribution is -0.140. The van der Waals surface area contributed by atoms with Crippen LogP contribution in [-0.2, 0) is 26.2 Å². The van der Waals surface area contributed by atoms with Gasteiger partial charge in [-0.15, -0.1) is 0 Å². The topological polar surface area (TPSA) is 105 Å². The van der Waals surface area contributed by atoms with Crippen molar-refractivity contribution in [2.75, 3.05) is 31.6 Å². The second-order valence-electron chi connectivity index (χ2n) is 8.66. The molecule has 39 heavy (non-hydrogen) atoms. The highest BCUT2D eigenvalue weighted by Gasteiger charge is 2.33. The first kappa shape index (κ1) is 29.5. The largest absolute Gasteiger partial charge is 0.497 e. The molecular formula is C29H35N3O6S. The summed E-state index contributed by atoms with van der Waals surface area (Å²) in [5, 5.41) is 2.62. The number of hydrogen-bond acceptors (Lipinski definition) is 6. The lowest BCUT2D eigenvalue weighted by atomic mass is 10.1. The number of amides is 2. The van der Waals surface area contributed by atoms with Crippen molar-refractivity contribution < 1.29 is 27.5 Å². The maximum Gasteiger partial charge on any atom is 0.264 e. The Kier molecular flexibility index (Phi) is 10.3. The summed E-state index contributed by atoms with van der Waals surface area (Å²) in [5.41, 5.74) is 1.04. The highest BCUT2D eigenvalue weighted by atomic mass is 32.2. The minimum Gasteiger partial charge on any atom is -0.497 e. The van der Waals surface area contributed by atoms with E-state index in [0.717, 1.165) is 9.87 Å². The molecule has 3 aromatic rings. The molecule has 9 nitrogen and oxygen atoms in total. The number of hydrogen-bond donors (Lipinski definition) is 1. The first-order valence-electron chi connectivity index (χ1n) is 12.7. The summed E-state index contributed by atoms with van der Waals surface area (Å²) in [6, 6.07) is 20.8. The van der Waals surface area contributed by atoms with Crippen LogP contribution in [0.25, 0.3) is 0 Å². The van der Waals surface area contributed by atoms with Crippen molar-refractivity contribution in [1.29, 1.82) is 0 Å². The predicted octanol–water partition coefficient (Wildman–Crippen LogP) is 3.84. The number of benzene rings is 3. The van der Waals surface area contributed by atoms with Gasteiger partial charge in [0, 0.05) is 13.6 Å². The molecule has 0 bridgehead atoms. The second kappa shape index (κ2) is 13.7. The van der Waals surface area contributed by atoms with E-state index in [9.17, 15) is 18.0 Å². The zero-order valence-electron chi connectivity index (χ0n) is 22.7. The number of ether oxygens (including phenoxy) is 2. The molecule has 3 rings (SSSR count). The van der Waals surface area contributed by atoms with E-state index in [0.29, 0.717) is 30.2 Å². The molecule has 0 fully saturated rings. The Hall–Kier alpha value is -4.05. The molecule has 1 unspecified atom stereocenters. The van der Waals surface area contributed by atoms with E-state index >= 15 is 0 Å². The van der Waals surface area contributed by atoms with Crippen LogP contribution in [0.1, 0.15) is 25.8 Å². The molecule has 0 aliphatic rings. The van der Waals surface area contributed by atoms with Crippen molar-refractivity contribution in [3.8, 4) is 11.5 Å². The predicted molar refractivity (Wildman–Crippen MR) is 150 cm³/mol. The van der Waals surface area contributed by atoms with E-state index in [-0.39, 0.29) is 17.3 Å². The fourth-order valence-corrected chi connectivity index (χ4v) is 5.61. The van der Waals surface area contributed by atoms with E-state index in [1.807, 2.05) is 13.0 Å². The highest BCUT2D eigenvalue weighted by molar-refractivity contribution is 7.92. The van der Waals surface area contributed by atoms with Crippen molar-refractivity contribution >= 4 is 27.5 Å². The molecule has 10 heteroatoms. The highest BCUT2D eigenvalue weighted by Crippen LogP contribution is 2.27. The molecule has 0 aromatic heterocycles. The maximum absolute atomic E-state index is 13.9. The molecule has 0 radical (unpaired) electrons. The Morgan fingerprint density at radius 1 is 0.923 bits per heavy atom. The van der Waals surface area contributed by atoms with Gasteiger partial charge in [0.15, 0.2) is 0 Å². The van der Waals surface area contributed by atoms with Gasteiger partial charge in [-0.25, -0.2) is 8.42 Å². The van der Waals surface area contributed by atoms with Crippen molar-refractivity contribution in [2.24, 2.45) is 0 Å². The van der Waals surface area contributed by atoms with Crippen molar-refractivity contribution in [2.45, 2.75) is 37.8 Å². The minimum absolute atomic E-state index is 0.0457. The third kappa shape index (κ3) is 7.29. The first-order chi connectivity index (χ1) is 18.7. The number of anilines is 1. The number of carbonyl (C=O) groups is 2. The Labute approximate surface area is 230 Å². The summed E-state index contributed by atoms with van der Waals surface area (Å²) >= 11 is 0. The van der Waals surface area contributed by atoms with Crippen LogP contribution in [0.2, 0.25) is 0 Å². The molecule has 1 atom stereocenters. The van der Waals surface area contributed by atoms with Gasteiger partial charge >= 0.3 is 0 Å². The van der Waals surface area contributed by atoms with Gasteiger partial charge in [0.25, 0.3) is 10.0 Å². The fraction of sp³-hybridized carbons (Fsp3) is 0.310. The molecule has 3 aromatic carbocycles. The number of sulfonamides is 1. The van der Waals surface area contributed by atoms with Crippen molar-refractivity contribution in [3.63, 3.8) is 0 Å². The maximum atomic E-state index is 13.9. The first-order valence-corrected chi connectivity index (χ1v) is 14.1. The van der Waals surface area contributed by atoms with E-state index < -0.39 is 28.5 Å². The van der Waals surface area contributed by atoms with Gasteiger partial charge in [-0.05, 0) is 67.4 Å². The van der Waals surface area contributed by atoms with Gasteiger partial charge < -0.3 is 19.7 Å². The average molecular weight is 554 g/mol. The zero-order valence-corrected chi connectivity index (χ0v) is 23.5. The molecule has 0 aliphatic carbocycles. The van der Waals surface area contributed by atoms with Crippen LogP contribution in [0.5, 0.6) is 11.5 Å². The summed E-state index contributed by atoms with van der Waals surface area (Å²) < 4.78 is 39.5. The van der Waals surface area contributed by atoms with E-state index in [4.69, 9.17) is 9.47 Å². The number of nitrogens with zero attached hydrogens (tertiary/aromatic N) is 2. The number of carbonyl (C=O) groups excluding carboxylic acids is 2. The number of nitrogens with one attached hydrogen (secondary N) is 1. The fourth-order valence-electron chi connectivity index (χ4n) is 4.18. The second-order valence-corrected chi connectivity index (χ2v) is 10.5. The zero-order chi connectivity index (χ0) is 28.4. The summed E-state index contributed by atoms with van der Waals surface area (Å²) in [6.45, 7) is 3.69. The van der Waals surface area contributed by atoms with Crippen LogP contribution >= 0.6 is 0 Å². The third-order valence-corrected chi connectivity index (χ3v) is 7.95. The van der Waals surface area contributed by atoms with Crippen LogP contribution in [0.4, 0.5) is 5.69 Å². The molecule has 2 amide bonds. The molecule has 0 spiro atoms. The van der Waals surface area contributed by atoms with E-state index in [1.165, 1.54) is 24.1 Å². The average Bonchev–Trinajstić information content (AvgIpc) is 2.96. The van der Waals surface area contributed by atoms with Crippen molar-refractivity contribution in [3.05, 3.63) is 84.4 Å². The molecule has 0 saturated heterocycles. The number of likely N-dealkylation sites (N-methyl/N-ethyl adjacent to an activating group) is 1. The summed E-state index contributed by atoms with van der Waals surface area (Å²) in [7, 11) is -1.07. The minimum atomic E-state index is -4.13. The smallest absolute Gasteiger partial charge is 0.264 e. The molecule has 1 N–H and O–H groups in total. The Morgan fingerprint density at radius 3 is 2.21 bits per heavy atom. The van der Waals surface area contributed by atoms with Gasteiger partial charge in [-0.2, -0.15) is 0 Å². The Balaban J connectivity index is 2.05. The Morgan fingerprint density at radius 2 is 1.62 bits per heavy atom. The van der Waals surface area contributed by atoms with E-state index in [1.54, 1.807) is 74.7 Å². The lowest BCUT2D eigenvalue weighted by Crippen LogP contribution is -2.51. The van der Waals surface area contributed by atoms with Crippen LogP contribution in [0, 0.1) is 0 Å². The van der Waals surface area contributed by atoms with Crippen molar-refractivity contribution in [1.82, 2.24) is 10.2 Å². The van der Waals surface area contributed by atoms with Gasteiger partial charge in [0.1, 0.15) is 24.1 Å². The SMILES string of the molecule is CCOc1ccc(N(CC(=O)N(Cc2cccc(OC)c2)C(CC)C(=O)NC)S(=O)(=O)c2ccccc2)cc1. The number of rotatable bonds is 13. The molecule has 0 saturated carbocycles. The van der Waals surface area contributed by atoms with Crippen LogP contribution in [0.15, 0.2) is 83.8 Å². The molecule has 208 valence electrons. The molecule has 0 heterocycles. The van der Waals surface area contributed by atoms with Crippen LogP contribution in [0.3, 0.4) is 0 Å². The van der Waals surface area contributed by atoms with Gasteiger partial charge in [0.05, 0.1) is 24.3 Å².